The van der Waals surface area contributed by atoms with E-state index in [2.05, 4.69) is 6.07 Å². The van der Waals surface area contributed by atoms with Crippen molar-refractivity contribution >= 4 is 5.97 Å². The molecular weight excluding hydrogens is 200 g/mol. The summed E-state index contributed by atoms with van der Waals surface area (Å²) in [7, 11) is 0. The highest BCUT2D eigenvalue weighted by atomic mass is 16.5. The second-order valence-corrected chi connectivity index (χ2v) is 4.38. The Kier molecular flexibility index (Phi) is 3.60. The largest absolute Gasteiger partial charge is 0.427 e. The third-order valence-corrected chi connectivity index (χ3v) is 3.21. The maximum atomic E-state index is 11.2. The first-order valence-corrected chi connectivity index (χ1v) is 6.10. The van der Waals surface area contributed by atoms with Crippen LogP contribution in [-0.2, 0) is 4.79 Å². The molecule has 16 heavy (non-hydrogen) atoms. The summed E-state index contributed by atoms with van der Waals surface area (Å²) in [5.74, 6) is 1.19. The first-order valence-electron chi connectivity index (χ1n) is 6.10. The van der Waals surface area contributed by atoms with Crippen LogP contribution in [0.25, 0.3) is 0 Å². The van der Waals surface area contributed by atoms with E-state index in [0.717, 1.165) is 0 Å². The van der Waals surface area contributed by atoms with Crippen molar-refractivity contribution in [3.8, 4) is 5.75 Å². The number of carbonyl (C=O) groups excluding carboxylic acids is 1. The number of ether oxygens (including phenoxy) is 1. The fraction of sp³-hybridized carbons (Fsp3) is 0.500. The Labute approximate surface area is 96.6 Å². The summed E-state index contributed by atoms with van der Waals surface area (Å²) in [5, 5.41) is 0. The molecule has 1 aliphatic rings. The number of carbonyl (C=O) groups is 1. The van der Waals surface area contributed by atoms with Crippen LogP contribution in [-0.4, -0.2) is 5.97 Å². The van der Waals surface area contributed by atoms with Crippen molar-refractivity contribution in [2.45, 2.75) is 44.9 Å². The first-order chi connectivity index (χ1) is 7.79. The molecule has 1 fully saturated rings. The molecule has 0 unspecified atom stereocenters. The highest BCUT2D eigenvalue weighted by molar-refractivity contribution is 5.71. The lowest BCUT2D eigenvalue weighted by Crippen LogP contribution is -2.05. The molecule has 0 spiro atoms. The van der Waals surface area contributed by atoms with Crippen molar-refractivity contribution in [2.75, 3.05) is 0 Å². The number of benzene rings is 1. The van der Waals surface area contributed by atoms with Crippen molar-refractivity contribution in [1.29, 1.82) is 0 Å². The zero-order chi connectivity index (χ0) is 11.4. The molecule has 1 aliphatic carbocycles. The lowest BCUT2D eigenvalue weighted by molar-refractivity contribution is -0.134. The number of hydrogen-bond acceptors (Lipinski definition) is 2. The average molecular weight is 218 g/mol. The fourth-order valence-corrected chi connectivity index (χ4v) is 2.29. The molecular formula is C14H18O2. The summed E-state index contributed by atoms with van der Waals surface area (Å²) in [4.78, 5) is 11.2. The second-order valence-electron chi connectivity index (χ2n) is 4.38. The smallest absolute Gasteiger partial charge is 0.310 e. The highest BCUT2D eigenvalue weighted by Crippen LogP contribution is 2.35. The van der Waals surface area contributed by atoms with Gasteiger partial charge in [-0.15, -0.1) is 0 Å². The van der Waals surface area contributed by atoms with E-state index in [1.807, 2.05) is 25.1 Å². The van der Waals surface area contributed by atoms with Crippen LogP contribution < -0.4 is 4.74 Å². The van der Waals surface area contributed by atoms with Gasteiger partial charge < -0.3 is 4.74 Å². The van der Waals surface area contributed by atoms with Crippen LogP contribution in [0, 0.1) is 0 Å². The first kappa shape index (κ1) is 11.2. The van der Waals surface area contributed by atoms with Crippen LogP contribution in [0.15, 0.2) is 24.3 Å². The Balaban J connectivity index is 2.09. The van der Waals surface area contributed by atoms with E-state index in [1.165, 1.54) is 31.2 Å². The van der Waals surface area contributed by atoms with Crippen molar-refractivity contribution < 1.29 is 9.53 Å². The summed E-state index contributed by atoms with van der Waals surface area (Å²) < 4.78 is 5.22. The zero-order valence-electron chi connectivity index (χ0n) is 9.74. The molecule has 2 nitrogen and oxygen atoms in total. The summed E-state index contributed by atoms with van der Waals surface area (Å²) in [5.41, 5.74) is 1.32. The quantitative estimate of drug-likeness (QED) is 0.571. The van der Waals surface area contributed by atoms with Crippen LogP contribution in [0.3, 0.4) is 0 Å². The molecule has 1 aromatic rings. The van der Waals surface area contributed by atoms with Crippen molar-refractivity contribution in [1.82, 2.24) is 0 Å². The molecule has 0 bridgehead atoms. The van der Waals surface area contributed by atoms with Gasteiger partial charge in [0.25, 0.3) is 0 Å². The highest BCUT2D eigenvalue weighted by Gasteiger charge is 2.17. The summed E-state index contributed by atoms with van der Waals surface area (Å²) in [6.45, 7) is 1.81. The normalized spacial score (nSPS) is 16.3. The standard InChI is InChI=1S/C14H18O2/c1-2-14(15)16-13-9-5-8-12(10-13)11-6-3-4-7-11/h5,8-11H,2-4,6-7H2,1H3. The molecule has 1 saturated carbocycles. The van der Waals surface area contributed by atoms with E-state index < -0.39 is 0 Å². The number of rotatable bonds is 3. The molecule has 86 valence electrons. The van der Waals surface area contributed by atoms with Crippen molar-refractivity contribution in [3.63, 3.8) is 0 Å². The van der Waals surface area contributed by atoms with E-state index in [9.17, 15) is 4.79 Å². The van der Waals surface area contributed by atoms with Gasteiger partial charge in [0.1, 0.15) is 5.75 Å². The number of esters is 1. The molecule has 0 radical (unpaired) electrons. The maximum Gasteiger partial charge on any atom is 0.310 e. The fourth-order valence-electron chi connectivity index (χ4n) is 2.29. The van der Waals surface area contributed by atoms with Gasteiger partial charge in [-0.1, -0.05) is 31.9 Å². The Hall–Kier alpha value is -1.31. The van der Waals surface area contributed by atoms with Gasteiger partial charge in [0.15, 0.2) is 0 Å². The monoisotopic (exact) mass is 218 g/mol. The SMILES string of the molecule is CCC(=O)Oc1cccc(C2CCCC2)c1. The maximum absolute atomic E-state index is 11.2. The Bertz CT molecular complexity index is 365. The molecule has 0 atom stereocenters. The summed E-state index contributed by atoms with van der Waals surface area (Å²) in [6.07, 6.45) is 5.61. The molecule has 1 aromatic carbocycles. The third kappa shape index (κ3) is 2.63. The van der Waals surface area contributed by atoms with Gasteiger partial charge in [-0.2, -0.15) is 0 Å². The topological polar surface area (TPSA) is 26.3 Å². The van der Waals surface area contributed by atoms with Crippen LogP contribution in [0.1, 0.15) is 50.5 Å². The van der Waals surface area contributed by atoms with Crippen LogP contribution >= 0.6 is 0 Å². The van der Waals surface area contributed by atoms with Gasteiger partial charge in [0, 0.05) is 6.42 Å². The van der Waals surface area contributed by atoms with Crippen LogP contribution in [0.4, 0.5) is 0 Å². The van der Waals surface area contributed by atoms with E-state index >= 15 is 0 Å². The van der Waals surface area contributed by atoms with Gasteiger partial charge >= 0.3 is 5.97 Å². The Morgan fingerprint density at radius 3 is 2.81 bits per heavy atom. The molecule has 0 N–H and O–H groups in total. The van der Waals surface area contributed by atoms with E-state index in [1.54, 1.807) is 0 Å². The lowest BCUT2D eigenvalue weighted by atomic mass is 9.98. The Morgan fingerprint density at radius 2 is 2.12 bits per heavy atom. The summed E-state index contributed by atoms with van der Waals surface area (Å²) in [6, 6.07) is 7.99. The predicted octanol–water partition coefficient (Wildman–Crippen LogP) is 3.66. The van der Waals surface area contributed by atoms with Gasteiger partial charge in [0.2, 0.25) is 0 Å². The lowest BCUT2D eigenvalue weighted by Gasteiger charge is -2.11. The average Bonchev–Trinajstić information content (AvgIpc) is 2.83. The molecule has 2 rings (SSSR count). The predicted molar refractivity (Wildman–Crippen MR) is 63.6 cm³/mol. The Morgan fingerprint density at radius 1 is 1.38 bits per heavy atom. The van der Waals surface area contributed by atoms with E-state index in [0.29, 0.717) is 18.1 Å². The van der Waals surface area contributed by atoms with Gasteiger partial charge in [-0.3, -0.25) is 4.79 Å². The minimum Gasteiger partial charge on any atom is -0.427 e. The van der Waals surface area contributed by atoms with Gasteiger partial charge in [-0.25, -0.2) is 0 Å². The van der Waals surface area contributed by atoms with Gasteiger partial charge in [-0.05, 0) is 36.5 Å². The molecule has 0 heterocycles. The molecule has 0 aliphatic heterocycles. The third-order valence-electron chi connectivity index (χ3n) is 3.21. The van der Waals surface area contributed by atoms with Crippen LogP contribution in [0.5, 0.6) is 5.75 Å². The molecule has 0 saturated heterocycles. The zero-order valence-corrected chi connectivity index (χ0v) is 9.74. The molecule has 0 aromatic heterocycles. The minimum atomic E-state index is -0.163. The van der Waals surface area contributed by atoms with Crippen molar-refractivity contribution in [3.05, 3.63) is 29.8 Å². The second kappa shape index (κ2) is 5.15. The molecule has 0 amide bonds. The van der Waals surface area contributed by atoms with Crippen LogP contribution in [0.2, 0.25) is 0 Å². The number of hydrogen-bond donors (Lipinski definition) is 0. The van der Waals surface area contributed by atoms with E-state index in [-0.39, 0.29) is 5.97 Å². The van der Waals surface area contributed by atoms with Crippen molar-refractivity contribution in [2.24, 2.45) is 0 Å². The minimum absolute atomic E-state index is 0.163. The van der Waals surface area contributed by atoms with Gasteiger partial charge in [0.05, 0.1) is 0 Å². The van der Waals surface area contributed by atoms with E-state index in [4.69, 9.17) is 4.74 Å². The molecule has 2 heteroatoms. The summed E-state index contributed by atoms with van der Waals surface area (Å²) >= 11 is 0.